The largest absolute Gasteiger partial charge is 2.00 e. The van der Waals surface area contributed by atoms with Crippen LogP contribution in [-0.2, 0) is 83.8 Å². The number of hydrogen-bond donors (Lipinski definition) is 0. The Morgan fingerprint density at radius 3 is 0.478 bits per heavy atom. The van der Waals surface area contributed by atoms with E-state index in [1.54, 1.807) is 170 Å². The summed E-state index contributed by atoms with van der Waals surface area (Å²) >= 11 is 0. The molecule has 2 radical (unpaired) electrons. The maximum absolute atomic E-state index is 12.4. The molecule has 0 bridgehead atoms. The minimum Gasteiger partial charge on any atom is -0.548 e. The first-order chi connectivity index (χ1) is 42.4. The number of hydrogen-bond acceptors (Lipinski definition) is 16. The predicted octanol–water partition coefficient (Wildman–Crippen LogP) is 2.57. The van der Waals surface area contributed by atoms with E-state index < -0.39 is 95.3 Å². The van der Waals surface area contributed by atoms with E-state index in [4.69, 9.17) is 0 Å². The van der Waals surface area contributed by atoms with E-state index >= 15 is 0 Å². The summed E-state index contributed by atoms with van der Waals surface area (Å²) in [5, 5.41) is 45.9. The van der Waals surface area contributed by atoms with Gasteiger partial charge in [-0.25, -0.2) is 0 Å². The van der Waals surface area contributed by atoms with Gasteiger partial charge < -0.3 is 39.6 Å². The zero-order valence-electron chi connectivity index (χ0n) is 46.9. The average Bonchev–Trinajstić information content (AvgIpc) is 1.81. The van der Waals surface area contributed by atoms with Crippen molar-refractivity contribution in [3.05, 3.63) is 285 Å². The van der Waals surface area contributed by atoms with Crippen LogP contribution < -0.4 is 20.4 Å². The first-order valence-electron chi connectivity index (χ1n) is 27.2. The zero-order chi connectivity index (χ0) is 62.8. The summed E-state index contributed by atoms with van der Waals surface area (Å²) in [4.78, 5) is 148. The van der Waals surface area contributed by atoms with Crippen molar-refractivity contribution in [2.75, 3.05) is 0 Å². The SMILES string of the molecule is O=C([O-])C(Cc1ccccc1)N1C(=O)c2ccccc2C1=O.O=C([O-])C(Cc1ccccc1)N1C(=O)c2ccccc2C1=O.O=C([O-])C(Cc1ccccc1)N1C(=O)c2ccccc2C1=O.O=C([O-])C(Cc1ccccc1)N1C(=O)c2ccccc2C1=O.[Rh+2].[Rh+2]. The Bertz CT molecular complexity index is 3410. The number of carboxylic acids is 4. The smallest absolute Gasteiger partial charge is 0.548 e. The van der Waals surface area contributed by atoms with E-state index in [-0.39, 0.29) is 109 Å². The van der Waals surface area contributed by atoms with Crippen LogP contribution in [0, 0.1) is 0 Å². The Kier molecular flexibility index (Phi) is 22.2. The number of carbonyl (C=O) groups is 12. The van der Waals surface area contributed by atoms with Crippen LogP contribution in [0.3, 0.4) is 0 Å². The van der Waals surface area contributed by atoms with Gasteiger partial charge in [0.1, 0.15) is 0 Å². The van der Waals surface area contributed by atoms with E-state index in [2.05, 4.69) is 0 Å². The second kappa shape index (κ2) is 29.9. The van der Waals surface area contributed by atoms with Gasteiger partial charge in [-0.3, -0.25) is 58.0 Å². The van der Waals surface area contributed by atoms with Crippen molar-refractivity contribution in [3.63, 3.8) is 0 Å². The van der Waals surface area contributed by atoms with Gasteiger partial charge in [0.05, 0.1) is 92.6 Å². The van der Waals surface area contributed by atoms with E-state index in [0.717, 1.165) is 19.6 Å². The van der Waals surface area contributed by atoms with Gasteiger partial charge in [-0.15, -0.1) is 0 Å². The number of nitrogens with zero attached hydrogens (tertiary/aromatic N) is 4. The number of aliphatic carboxylic acids is 4. The van der Waals surface area contributed by atoms with Crippen molar-refractivity contribution in [1.29, 1.82) is 0 Å². The molecule has 4 aliphatic heterocycles. The summed E-state index contributed by atoms with van der Waals surface area (Å²) < 4.78 is 0. The summed E-state index contributed by atoms with van der Waals surface area (Å²) in [7, 11) is 0. The number of imide groups is 4. The summed E-state index contributed by atoms with van der Waals surface area (Å²) in [5.74, 6) is -10.5. The molecule has 12 rings (SSSR count). The standard InChI is InChI=1S/4C17H13NO4.2Rh/c4*19-15-12-8-4-5-9-13(12)16(20)18(15)14(17(21)22)10-11-6-2-1-3-7-11;;/h4*1-9,14H,10H2,(H,21,22);;/q;;;;2*+2/p-4. The number of amides is 8. The van der Waals surface area contributed by atoms with E-state index in [1.807, 2.05) is 0 Å². The second-order valence-corrected chi connectivity index (χ2v) is 20.2. The number of rotatable bonds is 16. The minimum absolute atomic E-state index is 0. The third-order valence-corrected chi connectivity index (χ3v) is 14.7. The molecule has 8 amide bonds. The van der Waals surface area contributed by atoms with Gasteiger partial charge >= 0.3 is 39.0 Å². The van der Waals surface area contributed by atoms with Crippen molar-refractivity contribution in [3.8, 4) is 0 Å². The summed E-state index contributed by atoms with van der Waals surface area (Å²) in [6.45, 7) is 0. The molecule has 454 valence electrons. The van der Waals surface area contributed by atoms with E-state index in [0.29, 0.717) is 22.3 Å². The molecule has 4 unspecified atom stereocenters. The Morgan fingerprint density at radius 2 is 0.356 bits per heavy atom. The van der Waals surface area contributed by atoms with Crippen LogP contribution in [0.15, 0.2) is 218 Å². The van der Waals surface area contributed by atoms with Gasteiger partial charge in [0.2, 0.25) is 0 Å². The first kappa shape index (κ1) is 67.0. The van der Waals surface area contributed by atoms with Crippen LogP contribution in [0.25, 0.3) is 0 Å². The second-order valence-electron chi connectivity index (χ2n) is 20.2. The fourth-order valence-corrected chi connectivity index (χ4v) is 10.4. The van der Waals surface area contributed by atoms with E-state index in [1.165, 1.54) is 48.5 Å². The Morgan fingerprint density at radius 1 is 0.233 bits per heavy atom. The van der Waals surface area contributed by atoms with Crippen molar-refractivity contribution >= 4 is 71.1 Å². The maximum atomic E-state index is 12.4. The molecule has 0 saturated carbocycles. The molecule has 0 saturated heterocycles. The van der Waals surface area contributed by atoms with Gasteiger partial charge in [0.15, 0.2) is 0 Å². The van der Waals surface area contributed by atoms with Gasteiger partial charge in [-0.1, -0.05) is 170 Å². The topological polar surface area (TPSA) is 310 Å². The number of fused-ring (bicyclic) bond motifs is 4. The van der Waals surface area contributed by atoms with Crippen LogP contribution >= 0.6 is 0 Å². The monoisotopic (exact) mass is 1380 g/mol. The van der Waals surface area contributed by atoms with Gasteiger partial charge in [-0.05, 0) is 96.5 Å². The molecule has 0 fully saturated rings. The molecule has 90 heavy (non-hydrogen) atoms. The van der Waals surface area contributed by atoms with Crippen molar-refractivity contribution < 1.29 is 117 Å². The Hall–Kier alpha value is -10.6. The molecule has 8 aromatic rings. The van der Waals surface area contributed by atoms with E-state index in [9.17, 15) is 78.0 Å². The molecule has 0 N–H and O–H groups in total. The summed E-state index contributed by atoms with van der Waals surface area (Å²) in [6.07, 6.45) is 0.0898. The molecule has 0 aromatic heterocycles. The number of carboxylic acid groups (broad SMARTS) is 4. The molecular weight excluding hydrogens is 1330 g/mol. The van der Waals surface area contributed by atoms with Crippen molar-refractivity contribution in [1.82, 2.24) is 19.6 Å². The molecule has 4 atom stereocenters. The van der Waals surface area contributed by atoms with Gasteiger partial charge in [-0.2, -0.15) is 0 Å². The van der Waals surface area contributed by atoms with Crippen LogP contribution in [0.4, 0.5) is 0 Å². The molecule has 0 spiro atoms. The van der Waals surface area contributed by atoms with Crippen LogP contribution in [-0.4, -0.2) is 115 Å². The van der Waals surface area contributed by atoms with Crippen LogP contribution in [0.5, 0.6) is 0 Å². The van der Waals surface area contributed by atoms with Crippen LogP contribution in [0.2, 0.25) is 0 Å². The predicted molar refractivity (Wildman–Crippen MR) is 304 cm³/mol. The Balaban J connectivity index is 0.000000169. The third kappa shape index (κ3) is 14.4. The summed E-state index contributed by atoms with van der Waals surface area (Å²) in [6, 6.07) is 55.3. The van der Waals surface area contributed by atoms with Gasteiger partial charge in [0.25, 0.3) is 47.3 Å². The third-order valence-electron chi connectivity index (χ3n) is 14.7. The molecule has 20 nitrogen and oxygen atoms in total. The van der Waals surface area contributed by atoms with Crippen molar-refractivity contribution in [2.45, 2.75) is 49.9 Å². The normalized spacial score (nSPS) is 14.5. The zero-order valence-corrected chi connectivity index (χ0v) is 50.2. The minimum atomic E-state index is -1.45. The molecule has 4 heterocycles. The van der Waals surface area contributed by atoms with Crippen LogP contribution in [0.1, 0.15) is 105 Å². The molecule has 8 aromatic carbocycles. The fourth-order valence-electron chi connectivity index (χ4n) is 10.4. The molecular formula is C68H48N4O16Rh2. The average molecular weight is 1380 g/mol. The Labute approximate surface area is 539 Å². The fraction of sp³-hybridized carbons (Fsp3) is 0.118. The van der Waals surface area contributed by atoms with Crippen molar-refractivity contribution in [2.24, 2.45) is 0 Å². The quantitative estimate of drug-likeness (QED) is 0.0991. The number of benzene rings is 8. The maximum Gasteiger partial charge on any atom is 2.00 e. The molecule has 4 aliphatic rings. The molecule has 22 heteroatoms. The molecule has 0 aliphatic carbocycles. The number of carbonyl (C=O) groups excluding carboxylic acids is 12. The first-order valence-corrected chi connectivity index (χ1v) is 27.2. The van der Waals surface area contributed by atoms with Gasteiger partial charge in [0, 0.05) is 0 Å². The summed E-state index contributed by atoms with van der Waals surface area (Å²) in [5.41, 5.74) is 4.69.